The fraction of sp³-hybridized carbons (Fsp3) is 0.0833. The van der Waals surface area contributed by atoms with Crippen molar-refractivity contribution in [2.45, 2.75) is 5.60 Å². The predicted octanol–water partition coefficient (Wildman–Crippen LogP) is 3.40. The third kappa shape index (κ3) is 2.82. The van der Waals surface area contributed by atoms with Gasteiger partial charge >= 0.3 is 12.0 Å². The van der Waals surface area contributed by atoms with Crippen LogP contribution in [0.15, 0.2) is 54.6 Å². The Hall–Kier alpha value is -4.86. The zero-order valence-electron chi connectivity index (χ0n) is 17.6. The first-order valence-corrected chi connectivity index (χ1v) is 10.1. The second-order valence-electron chi connectivity index (χ2n) is 7.66. The number of esters is 1. The van der Waals surface area contributed by atoms with Gasteiger partial charge < -0.3 is 29.7 Å². The SMILES string of the molecule is COc1n[c]nc(Nc2ccc3c(c2)C(=O)OC32c3ccc(O)cc3Oc3cc(O)ccc32)n1. The van der Waals surface area contributed by atoms with Crippen LogP contribution in [-0.4, -0.2) is 38.2 Å². The summed E-state index contributed by atoms with van der Waals surface area (Å²) in [5.41, 5.74) is 1.24. The highest BCUT2D eigenvalue weighted by Gasteiger charge is 2.53. The highest BCUT2D eigenvalue weighted by Crippen LogP contribution is 2.57. The van der Waals surface area contributed by atoms with Gasteiger partial charge in [0.05, 0.1) is 12.7 Å². The Bertz CT molecular complexity index is 1440. The number of nitrogens with one attached hydrogen (secondary N) is 1. The van der Waals surface area contributed by atoms with Crippen molar-refractivity contribution in [2.75, 3.05) is 12.4 Å². The van der Waals surface area contributed by atoms with E-state index < -0.39 is 11.6 Å². The Balaban J connectivity index is 1.51. The average molecular weight is 455 g/mol. The summed E-state index contributed by atoms with van der Waals surface area (Å²) < 4.78 is 17.0. The van der Waals surface area contributed by atoms with Crippen molar-refractivity contribution in [3.05, 3.63) is 83.2 Å². The molecule has 2 aliphatic heterocycles. The van der Waals surface area contributed by atoms with Crippen LogP contribution in [0.25, 0.3) is 0 Å². The van der Waals surface area contributed by atoms with Crippen molar-refractivity contribution >= 4 is 17.6 Å². The van der Waals surface area contributed by atoms with Crippen molar-refractivity contribution in [2.24, 2.45) is 0 Å². The first kappa shape index (κ1) is 19.8. The number of ether oxygens (including phenoxy) is 3. The summed E-state index contributed by atoms with van der Waals surface area (Å²) in [4.78, 5) is 24.9. The number of nitrogens with zero attached hydrogens (tertiary/aromatic N) is 3. The van der Waals surface area contributed by atoms with Gasteiger partial charge in [0.15, 0.2) is 5.60 Å². The van der Waals surface area contributed by atoms with E-state index in [1.165, 1.54) is 31.4 Å². The Morgan fingerprint density at radius 2 is 1.62 bits per heavy atom. The molecule has 10 nitrogen and oxygen atoms in total. The molecule has 0 fully saturated rings. The molecule has 0 amide bonds. The van der Waals surface area contributed by atoms with Crippen LogP contribution in [0, 0.1) is 6.33 Å². The first-order valence-electron chi connectivity index (χ1n) is 10.1. The van der Waals surface area contributed by atoms with Gasteiger partial charge in [-0.25, -0.2) is 4.79 Å². The van der Waals surface area contributed by atoms with Crippen LogP contribution >= 0.6 is 0 Å². The van der Waals surface area contributed by atoms with Gasteiger partial charge in [0, 0.05) is 34.5 Å². The number of hydrogen-bond donors (Lipinski definition) is 3. The van der Waals surface area contributed by atoms with Gasteiger partial charge in [-0.05, 0) is 36.4 Å². The molecule has 10 heteroatoms. The van der Waals surface area contributed by atoms with Gasteiger partial charge in [-0.2, -0.15) is 15.0 Å². The molecule has 0 saturated carbocycles. The van der Waals surface area contributed by atoms with Crippen molar-refractivity contribution in [1.29, 1.82) is 0 Å². The number of fused-ring (bicyclic) bond motifs is 6. The summed E-state index contributed by atoms with van der Waals surface area (Å²) in [6.45, 7) is 0. The summed E-state index contributed by atoms with van der Waals surface area (Å²) in [5, 5.41) is 23.0. The second-order valence-corrected chi connectivity index (χ2v) is 7.66. The summed E-state index contributed by atoms with van der Waals surface area (Å²) in [6, 6.07) is 14.5. The minimum atomic E-state index is -1.32. The normalized spacial score (nSPS) is 14.4. The first-order chi connectivity index (χ1) is 16.5. The van der Waals surface area contributed by atoms with E-state index in [2.05, 4.69) is 26.6 Å². The van der Waals surface area contributed by atoms with E-state index in [0.29, 0.717) is 39.4 Å². The van der Waals surface area contributed by atoms with E-state index in [-0.39, 0.29) is 23.5 Å². The second kappa shape index (κ2) is 7.07. The van der Waals surface area contributed by atoms with E-state index in [1.807, 2.05) is 0 Å². The zero-order chi connectivity index (χ0) is 23.4. The number of carbonyl (C=O) groups is 1. The Morgan fingerprint density at radius 1 is 0.941 bits per heavy atom. The third-order valence-electron chi connectivity index (χ3n) is 5.72. The van der Waals surface area contributed by atoms with E-state index in [4.69, 9.17) is 14.2 Å². The molecule has 167 valence electrons. The molecule has 2 aliphatic rings. The molecule has 34 heavy (non-hydrogen) atoms. The topological polar surface area (TPSA) is 136 Å². The quantitative estimate of drug-likeness (QED) is 0.394. The largest absolute Gasteiger partial charge is 0.508 e. The van der Waals surface area contributed by atoms with Crippen molar-refractivity contribution in [3.63, 3.8) is 0 Å². The number of aromatic hydroxyl groups is 2. The highest BCUT2D eigenvalue weighted by atomic mass is 16.6. The molecular weight excluding hydrogens is 440 g/mol. The van der Waals surface area contributed by atoms with E-state index >= 15 is 0 Å². The number of hydrogen-bond acceptors (Lipinski definition) is 10. The minimum absolute atomic E-state index is 0.00817. The van der Waals surface area contributed by atoms with Crippen LogP contribution in [0.2, 0.25) is 0 Å². The predicted molar refractivity (Wildman–Crippen MR) is 117 cm³/mol. The van der Waals surface area contributed by atoms with Gasteiger partial charge in [-0.1, -0.05) is 6.07 Å². The van der Waals surface area contributed by atoms with Crippen LogP contribution in [0.4, 0.5) is 11.6 Å². The minimum Gasteiger partial charge on any atom is -0.508 e. The van der Waals surface area contributed by atoms with Crippen molar-refractivity contribution in [1.82, 2.24) is 15.0 Å². The Morgan fingerprint density at radius 3 is 2.29 bits per heavy atom. The lowest BCUT2D eigenvalue weighted by Crippen LogP contribution is -2.32. The standard InChI is InChI=1S/C24H15N4O6/c1-32-23-26-11-25-22(28-23)27-12-2-5-16-15(8-12)21(31)34-24(16)17-6-3-13(29)9-19(17)33-20-10-14(30)4-7-18(20)24/h2-10,29-30H,1H3,(H,25,26,27,28). The molecule has 0 unspecified atom stereocenters. The monoisotopic (exact) mass is 455 g/mol. The highest BCUT2D eigenvalue weighted by molar-refractivity contribution is 5.98. The summed E-state index contributed by atoms with van der Waals surface area (Å²) in [5.74, 6) is 0.263. The van der Waals surface area contributed by atoms with Gasteiger partial charge in [0.2, 0.25) is 12.3 Å². The number of phenolic OH excluding ortho intramolecular Hbond substituents is 2. The molecule has 0 atom stereocenters. The summed E-state index contributed by atoms with van der Waals surface area (Å²) >= 11 is 0. The molecule has 1 aromatic heterocycles. The van der Waals surface area contributed by atoms with Crippen LogP contribution in [0.3, 0.4) is 0 Å². The fourth-order valence-corrected chi connectivity index (χ4v) is 4.32. The summed E-state index contributed by atoms with van der Waals surface area (Å²) in [7, 11) is 1.43. The van der Waals surface area contributed by atoms with Crippen LogP contribution in [-0.2, 0) is 10.3 Å². The molecule has 1 radical (unpaired) electrons. The lowest BCUT2D eigenvalue weighted by molar-refractivity contribution is 0.0224. The van der Waals surface area contributed by atoms with Crippen molar-refractivity contribution in [3.8, 4) is 29.0 Å². The number of aromatic nitrogens is 3. The maximum Gasteiger partial charge on any atom is 0.340 e. The number of carbonyl (C=O) groups excluding carboxylic acids is 1. The molecule has 1 spiro atoms. The Labute approximate surface area is 192 Å². The van der Waals surface area contributed by atoms with Crippen molar-refractivity contribution < 1.29 is 29.2 Å². The van der Waals surface area contributed by atoms with E-state index in [0.717, 1.165) is 0 Å². The van der Waals surface area contributed by atoms with Gasteiger partial charge in [0.1, 0.15) is 23.0 Å². The molecule has 0 aliphatic carbocycles. The van der Waals surface area contributed by atoms with Crippen LogP contribution < -0.4 is 14.8 Å². The maximum absolute atomic E-state index is 13.1. The molecule has 3 heterocycles. The fourth-order valence-electron chi connectivity index (χ4n) is 4.32. The molecule has 0 saturated heterocycles. The number of anilines is 2. The molecule has 6 rings (SSSR count). The number of phenols is 2. The van der Waals surface area contributed by atoms with Crippen LogP contribution in [0.1, 0.15) is 27.0 Å². The number of benzene rings is 3. The van der Waals surface area contributed by atoms with E-state index in [1.54, 1.807) is 30.3 Å². The number of methoxy groups -OCH3 is 1. The third-order valence-corrected chi connectivity index (χ3v) is 5.72. The molecule has 0 bridgehead atoms. The average Bonchev–Trinajstić information content (AvgIpc) is 3.11. The smallest absolute Gasteiger partial charge is 0.340 e. The van der Waals surface area contributed by atoms with E-state index in [9.17, 15) is 15.0 Å². The van der Waals surface area contributed by atoms with Crippen LogP contribution in [0.5, 0.6) is 29.0 Å². The van der Waals surface area contributed by atoms with Gasteiger partial charge in [0.25, 0.3) is 0 Å². The zero-order valence-corrected chi connectivity index (χ0v) is 17.6. The number of rotatable bonds is 3. The summed E-state index contributed by atoms with van der Waals surface area (Å²) in [6.07, 6.45) is 2.44. The molecule has 3 N–H and O–H groups in total. The Kier molecular flexibility index (Phi) is 4.12. The van der Waals surface area contributed by atoms with Gasteiger partial charge in [-0.3, -0.25) is 0 Å². The molecular formula is C24H15N4O6. The lowest BCUT2D eigenvalue weighted by atomic mass is 9.77. The molecule has 3 aromatic carbocycles. The molecule has 4 aromatic rings. The maximum atomic E-state index is 13.1. The lowest BCUT2D eigenvalue weighted by Gasteiger charge is -2.36. The van der Waals surface area contributed by atoms with Gasteiger partial charge in [-0.15, -0.1) is 0 Å².